The smallest absolute Gasteiger partial charge is 0.291 e. The fourth-order valence-electron chi connectivity index (χ4n) is 3.17. The highest BCUT2D eigenvalue weighted by Crippen LogP contribution is 2.24. The van der Waals surface area contributed by atoms with E-state index in [1.54, 1.807) is 18.7 Å². The topological polar surface area (TPSA) is 63.4 Å². The molecular formula is C19H22N2O3. The van der Waals surface area contributed by atoms with Crippen LogP contribution < -0.4 is 0 Å². The number of amides is 1. The predicted octanol–water partition coefficient (Wildman–Crippen LogP) is 3.33. The summed E-state index contributed by atoms with van der Waals surface area (Å²) in [6.45, 7) is 6.65. The van der Waals surface area contributed by atoms with Crippen molar-refractivity contribution in [2.75, 3.05) is 13.1 Å². The van der Waals surface area contributed by atoms with Crippen molar-refractivity contribution < 1.29 is 14.0 Å². The third-order valence-corrected chi connectivity index (χ3v) is 4.59. The molecule has 3 rings (SSSR count). The molecule has 1 aliphatic rings. The van der Waals surface area contributed by atoms with Crippen LogP contribution in [0.25, 0.3) is 0 Å². The van der Waals surface area contributed by atoms with Gasteiger partial charge in [0.25, 0.3) is 5.91 Å². The lowest BCUT2D eigenvalue weighted by Crippen LogP contribution is -2.40. The van der Waals surface area contributed by atoms with Gasteiger partial charge in [-0.25, -0.2) is 4.98 Å². The second-order valence-electron chi connectivity index (χ2n) is 6.44. The normalized spacial score (nSPS) is 15.5. The summed E-state index contributed by atoms with van der Waals surface area (Å²) >= 11 is 0. The molecule has 5 nitrogen and oxygen atoms in total. The van der Waals surface area contributed by atoms with Gasteiger partial charge in [-0.15, -0.1) is 0 Å². The standard InChI is InChI=1S/C19H22N2O3/c1-12-4-6-15(7-5-12)17(22)16-8-10-21(11-9-16)19(23)18-13(2)20-14(3)24-18/h4-7,16H,8-11H2,1-3H3. The average Bonchev–Trinajstić information content (AvgIpc) is 2.93. The molecule has 126 valence electrons. The minimum absolute atomic E-state index is 0.0192. The van der Waals surface area contributed by atoms with Crippen molar-refractivity contribution in [3.8, 4) is 0 Å². The van der Waals surface area contributed by atoms with Crippen molar-refractivity contribution in [2.24, 2.45) is 5.92 Å². The number of aryl methyl sites for hydroxylation is 3. The summed E-state index contributed by atoms with van der Waals surface area (Å²) in [5.74, 6) is 0.841. The first-order chi connectivity index (χ1) is 11.5. The van der Waals surface area contributed by atoms with E-state index in [0.717, 1.165) is 11.1 Å². The highest BCUT2D eigenvalue weighted by Gasteiger charge is 2.30. The molecule has 0 aliphatic carbocycles. The van der Waals surface area contributed by atoms with Gasteiger partial charge in [-0.1, -0.05) is 29.8 Å². The Morgan fingerprint density at radius 3 is 2.25 bits per heavy atom. The van der Waals surface area contributed by atoms with E-state index in [1.807, 2.05) is 31.2 Å². The van der Waals surface area contributed by atoms with Gasteiger partial charge in [0.2, 0.25) is 5.76 Å². The number of aromatic nitrogens is 1. The van der Waals surface area contributed by atoms with E-state index >= 15 is 0 Å². The van der Waals surface area contributed by atoms with Crippen molar-refractivity contribution in [1.29, 1.82) is 0 Å². The van der Waals surface area contributed by atoms with Crippen LogP contribution in [0, 0.1) is 26.7 Å². The summed E-state index contributed by atoms with van der Waals surface area (Å²) in [6.07, 6.45) is 1.37. The Morgan fingerprint density at radius 2 is 1.71 bits per heavy atom. The van der Waals surface area contributed by atoms with Crippen molar-refractivity contribution in [3.63, 3.8) is 0 Å². The maximum absolute atomic E-state index is 12.6. The van der Waals surface area contributed by atoms with E-state index in [-0.39, 0.29) is 17.6 Å². The van der Waals surface area contributed by atoms with E-state index in [9.17, 15) is 9.59 Å². The molecule has 1 aromatic carbocycles. The molecule has 1 saturated heterocycles. The van der Waals surface area contributed by atoms with Crippen LogP contribution in [-0.4, -0.2) is 34.7 Å². The van der Waals surface area contributed by atoms with E-state index in [2.05, 4.69) is 4.98 Å². The molecule has 2 aromatic rings. The van der Waals surface area contributed by atoms with Gasteiger partial charge in [0.05, 0.1) is 5.69 Å². The van der Waals surface area contributed by atoms with Crippen molar-refractivity contribution in [2.45, 2.75) is 33.6 Å². The lowest BCUT2D eigenvalue weighted by Gasteiger charge is -2.30. The minimum Gasteiger partial charge on any atom is -0.436 e. The van der Waals surface area contributed by atoms with Gasteiger partial charge in [0, 0.05) is 31.5 Å². The molecule has 0 unspecified atom stereocenters. The fourth-order valence-corrected chi connectivity index (χ4v) is 3.17. The molecule has 1 aliphatic heterocycles. The zero-order valence-corrected chi connectivity index (χ0v) is 14.3. The molecule has 0 atom stereocenters. The summed E-state index contributed by atoms with van der Waals surface area (Å²) in [5, 5.41) is 0. The van der Waals surface area contributed by atoms with Gasteiger partial charge >= 0.3 is 0 Å². The summed E-state index contributed by atoms with van der Waals surface area (Å²) in [5.41, 5.74) is 2.52. The Morgan fingerprint density at radius 1 is 1.08 bits per heavy atom. The van der Waals surface area contributed by atoms with Crippen LogP contribution in [0.5, 0.6) is 0 Å². The van der Waals surface area contributed by atoms with Gasteiger partial charge in [-0.3, -0.25) is 9.59 Å². The largest absolute Gasteiger partial charge is 0.436 e. The minimum atomic E-state index is -0.130. The number of carbonyl (C=O) groups is 2. The Balaban J connectivity index is 1.63. The van der Waals surface area contributed by atoms with Crippen LogP contribution in [-0.2, 0) is 0 Å². The number of nitrogens with zero attached hydrogens (tertiary/aromatic N) is 2. The number of hydrogen-bond donors (Lipinski definition) is 0. The van der Waals surface area contributed by atoms with Gasteiger partial charge in [-0.2, -0.15) is 0 Å². The van der Waals surface area contributed by atoms with E-state index in [1.165, 1.54) is 0 Å². The van der Waals surface area contributed by atoms with Crippen LogP contribution in [0.2, 0.25) is 0 Å². The van der Waals surface area contributed by atoms with E-state index < -0.39 is 0 Å². The SMILES string of the molecule is Cc1ccc(C(=O)C2CCN(C(=O)c3oc(C)nc3C)CC2)cc1. The molecule has 2 heterocycles. The number of piperidine rings is 1. The monoisotopic (exact) mass is 326 g/mol. The van der Waals surface area contributed by atoms with E-state index in [4.69, 9.17) is 4.42 Å². The Bertz CT molecular complexity index is 753. The number of oxazole rings is 1. The maximum Gasteiger partial charge on any atom is 0.291 e. The van der Waals surface area contributed by atoms with Crippen LogP contribution in [0.15, 0.2) is 28.7 Å². The first-order valence-electron chi connectivity index (χ1n) is 8.30. The Labute approximate surface area is 141 Å². The summed E-state index contributed by atoms with van der Waals surface area (Å²) in [4.78, 5) is 31.0. The Hall–Kier alpha value is -2.43. The van der Waals surface area contributed by atoms with Crippen molar-refractivity contribution in [3.05, 3.63) is 52.7 Å². The molecular weight excluding hydrogens is 304 g/mol. The third kappa shape index (κ3) is 3.25. The molecule has 5 heteroatoms. The molecule has 1 fully saturated rings. The lowest BCUT2D eigenvalue weighted by molar-refractivity contribution is 0.0622. The molecule has 0 N–H and O–H groups in total. The summed E-state index contributed by atoms with van der Waals surface area (Å²) in [6, 6.07) is 7.69. The first-order valence-corrected chi connectivity index (χ1v) is 8.30. The van der Waals surface area contributed by atoms with Crippen LogP contribution in [0.3, 0.4) is 0 Å². The molecule has 0 spiro atoms. The second kappa shape index (κ2) is 6.59. The van der Waals surface area contributed by atoms with E-state index in [0.29, 0.717) is 43.3 Å². The number of ketones is 1. The van der Waals surface area contributed by atoms with Gasteiger partial charge in [0.15, 0.2) is 11.7 Å². The van der Waals surface area contributed by atoms with Crippen molar-refractivity contribution >= 4 is 11.7 Å². The van der Waals surface area contributed by atoms with Gasteiger partial charge < -0.3 is 9.32 Å². The van der Waals surface area contributed by atoms with Gasteiger partial charge in [0.1, 0.15) is 0 Å². The number of likely N-dealkylation sites (tertiary alicyclic amines) is 1. The fraction of sp³-hybridized carbons (Fsp3) is 0.421. The second-order valence-corrected chi connectivity index (χ2v) is 6.44. The highest BCUT2D eigenvalue weighted by molar-refractivity contribution is 5.98. The maximum atomic E-state index is 12.6. The average molecular weight is 326 g/mol. The molecule has 0 saturated carbocycles. The number of carbonyl (C=O) groups excluding carboxylic acids is 2. The lowest BCUT2D eigenvalue weighted by atomic mass is 9.88. The Kier molecular flexibility index (Phi) is 4.51. The van der Waals surface area contributed by atoms with Crippen molar-refractivity contribution in [1.82, 2.24) is 9.88 Å². The van der Waals surface area contributed by atoms with Gasteiger partial charge in [-0.05, 0) is 26.7 Å². The number of hydrogen-bond acceptors (Lipinski definition) is 4. The third-order valence-electron chi connectivity index (χ3n) is 4.59. The summed E-state index contributed by atoms with van der Waals surface area (Å²) in [7, 11) is 0. The first kappa shape index (κ1) is 16.4. The van der Waals surface area contributed by atoms with Crippen LogP contribution in [0.4, 0.5) is 0 Å². The highest BCUT2D eigenvalue weighted by atomic mass is 16.4. The number of rotatable bonds is 3. The van der Waals surface area contributed by atoms with Crippen LogP contribution in [0.1, 0.15) is 50.9 Å². The molecule has 1 amide bonds. The zero-order valence-electron chi connectivity index (χ0n) is 14.3. The molecule has 0 radical (unpaired) electrons. The molecule has 0 bridgehead atoms. The molecule has 1 aromatic heterocycles. The number of benzene rings is 1. The zero-order chi connectivity index (χ0) is 17.3. The quantitative estimate of drug-likeness (QED) is 0.812. The number of Topliss-reactive ketones (excluding diaryl/α,β-unsaturated/α-hetero) is 1. The summed E-state index contributed by atoms with van der Waals surface area (Å²) < 4.78 is 5.41. The molecule has 24 heavy (non-hydrogen) atoms. The predicted molar refractivity (Wildman–Crippen MR) is 90.1 cm³/mol. The van der Waals surface area contributed by atoms with Crippen LogP contribution >= 0.6 is 0 Å².